The number of benzene rings is 2. The van der Waals surface area contributed by atoms with Crippen molar-refractivity contribution in [3.63, 3.8) is 0 Å². The third kappa shape index (κ3) is 11.1. The first-order valence-corrected chi connectivity index (χ1v) is 14.6. The molecule has 0 atom stereocenters. The molecule has 4 nitrogen and oxygen atoms in total. The zero-order valence-corrected chi connectivity index (χ0v) is 24.4. The number of amides is 1. The Morgan fingerprint density at radius 1 is 0.973 bits per heavy atom. The Bertz CT molecular complexity index is 1090. The summed E-state index contributed by atoms with van der Waals surface area (Å²) in [5, 5.41) is 6.80. The van der Waals surface area contributed by atoms with Gasteiger partial charge < -0.3 is 22.5 Å². The van der Waals surface area contributed by atoms with Crippen LogP contribution in [0.25, 0.3) is 10.6 Å². The van der Waals surface area contributed by atoms with Crippen molar-refractivity contribution in [1.82, 2.24) is 0 Å². The minimum absolute atomic E-state index is 0. The highest BCUT2D eigenvalue weighted by atomic mass is 35.5. The molecule has 0 spiro atoms. The van der Waals surface area contributed by atoms with Crippen molar-refractivity contribution in [2.75, 3.05) is 11.9 Å². The third-order valence-corrected chi connectivity index (χ3v) is 7.61. The number of halogens is 2. The summed E-state index contributed by atoms with van der Waals surface area (Å²) in [6.07, 6.45) is 15.2. The number of hydrogen-bond acceptors (Lipinski definition) is 3. The lowest BCUT2D eigenvalue weighted by Gasteiger charge is -2.11. The molecule has 0 saturated heterocycles. The van der Waals surface area contributed by atoms with E-state index in [4.69, 9.17) is 16.3 Å². The van der Waals surface area contributed by atoms with E-state index < -0.39 is 0 Å². The summed E-state index contributed by atoms with van der Waals surface area (Å²) in [6, 6.07) is 13.5. The summed E-state index contributed by atoms with van der Waals surface area (Å²) >= 11 is 8.02. The summed E-state index contributed by atoms with van der Waals surface area (Å²) in [5.41, 5.74) is 2.76. The Morgan fingerprint density at radius 3 is 2.35 bits per heavy atom. The maximum atomic E-state index is 12.7. The van der Waals surface area contributed by atoms with E-state index in [9.17, 15) is 4.79 Å². The maximum absolute atomic E-state index is 12.7. The van der Waals surface area contributed by atoms with Crippen LogP contribution in [0.15, 0.2) is 54.0 Å². The molecule has 37 heavy (non-hydrogen) atoms. The topological polar surface area (TPSA) is 42.2 Å². The molecule has 0 aliphatic rings. The van der Waals surface area contributed by atoms with Crippen LogP contribution in [0.4, 0.5) is 5.69 Å². The Labute approximate surface area is 237 Å². The first kappa shape index (κ1) is 31.1. The van der Waals surface area contributed by atoms with Gasteiger partial charge in [0.15, 0.2) is 6.20 Å². The van der Waals surface area contributed by atoms with Crippen LogP contribution in [0, 0.1) is 0 Å². The SMILES string of the molecule is CCCCCCCCCCCCOc1cc(CC(=O)Nc2cccc(-c3scc[n+]3C)c2)ccc1Cl.[Cl-]. The highest BCUT2D eigenvalue weighted by molar-refractivity contribution is 7.12. The summed E-state index contributed by atoms with van der Waals surface area (Å²) in [7, 11) is 2.02. The molecule has 1 amide bonds. The summed E-state index contributed by atoms with van der Waals surface area (Å²) in [5.74, 6) is 0.593. The van der Waals surface area contributed by atoms with E-state index >= 15 is 0 Å². The number of carbonyl (C=O) groups excluding carboxylic acids is 1. The zero-order valence-electron chi connectivity index (χ0n) is 22.1. The molecule has 0 saturated carbocycles. The van der Waals surface area contributed by atoms with Crippen LogP contribution in [-0.4, -0.2) is 12.5 Å². The average Bonchev–Trinajstić information content (AvgIpc) is 3.30. The number of carbonyl (C=O) groups is 1. The van der Waals surface area contributed by atoms with Gasteiger partial charge in [0.2, 0.25) is 5.91 Å². The molecule has 1 N–H and O–H groups in total. The minimum atomic E-state index is -0.0642. The molecule has 202 valence electrons. The van der Waals surface area contributed by atoms with Gasteiger partial charge in [-0.05, 0) is 42.3 Å². The van der Waals surface area contributed by atoms with Gasteiger partial charge in [-0.1, -0.05) is 99.8 Å². The van der Waals surface area contributed by atoms with E-state index in [1.807, 2.05) is 49.6 Å². The van der Waals surface area contributed by atoms with Gasteiger partial charge in [0.05, 0.1) is 29.0 Å². The van der Waals surface area contributed by atoms with Crippen molar-refractivity contribution in [3.8, 4) is 16.3 Å². The molecule has 1 heterocycles. The molecule has 0 aliphatic carbocycles. The van der Waals surface area contributed by atoms with Crippen LogP contribution < -0.4 is 27.0 Å². The number of unbranched alkanes of at least 4 members (excludes halogenated alkanes) is 9. The van der Waals surface area contributed by atoms with Gasteiger partial charge in [-0.15, -0.1) is 0 Å². The van der Waals surface area contributed by atoms with Crippen molar-refractivity contribution in [1.29, 1.82) is 0 Å². The van der Waals surface area contributed by atoms with E-state index in [0.717, 1.165) is 28.2 Å². The molecule has 7 heteroatoms. The van der Waals surface area contributed by atoms with E-state index in [-0.39, 0.29) is 24.7 Å². The van der Waals surface area contributed by atoms with Crippen molar-refractivity contribution < 1.29 is 26.5 Å². The molecule has 1 aromatic heterocycles. The molecule has 0 unspecified atom stereocenters. The second kappa shape index (κ2) is 17.4. The number of aromatic nitrogens is 1. The lowest BCUT2D eigenvalue weighted by atomic mass is 10.1. The Morgan fingerprint density at radius 2 is 1.68 bits per heavy atom. The van der Waals surface area contributed by atoms with Crippen LogP contribution in [-0.2, 0) is 18.3 Å². The molecule has 0 aliphatic heterocycles. The normalized spacial score (nSPS) is 10.7. The summed E-state index contributed by atoms with van der Waals surface area (Å²) < 4.78 is 8.03. The van der Waals surface area contributed by atoms with E-state index in [0.29, 0.717) is 17.4 Å². The number of anilines is 1. The molecule has 0 fully saturated rings. The first-order valence-electron chi connectivity index (χ1n) is 13.3. The average molecular weight is 564 g/mol. The maximum Gasteiger partial charge on any atom is 0.268 e. The predicted molar refractivity (Wildman–Crippen MR) is 152 cm³/mol. The van der Waals surface area contributed by atoms with Gasteiger partial charge in [0, 0.05) is 5.69 Å². The molecular weight excluding hydrogens is 523 g/mol. The molecule has 0 radical (unpaired) electrons. The molecule has 3 aromatic rings. The Balaban J connectivity index is 0.00000481. The fourth-order valence-corrected chi connectivity index (χ4v) is 5.30. The van der Waals surface area contributed by atoms with Crippen molar-refractivity contribution in [2.24, 2.45) is 7.05 Å². The largest absolute Gasteiger partial charge is 1.00 e. The lowest BCUT2D eigenvalue weighted by molar-refractivity contribution is -0.655. The highest BCUT2D eigenvalue weighted by Crippen LogP contribution is 2.27. The van der Waals surface area contributed by atoms with Crippen molar-refractivity contribution >= 4 is 34.5 Å². The summed E-state index contributed by atoms with van der Waals surface area (Å²) in [4.78, 5) is 12.7. The van der Waals surface area contributed by atoms with Gasteiger partial charge in [-0.2, -0.15) is 4.57 Å². The first-order chi connectivity index (χ1) is 17.6. The Hall–Kier alpha value is -2.08. The van der Waals surface area contributed by atoms with Gasteiger partial charge in [0.25, 0.3) is 5.01 Å². The standard InChI is InChI=1S/C30H39ClN2O2S.ClH/c1-3-4-5-6-7-8-9-10-11-12-19-35-28-21-24(16-17-27(28)31)22-29(34)32-26-15-13-14-25(23-26)30-33(2)18-20-36-30;/h13-18,20-21,23H,3-12,19,22H2,1-2H3;1H. The number of rotatable bonds is 16. The number of ether oxygens (including phenoxy) is 1. The van der Waals surface area contributed by atoms with Gasteiger partial charge in [-0.25, -0.2) is 0 Å². The number of hydrogen-bond donors (Lipinski definition) is 1. The molecule has 3 rings (SSSR count). The second-order valence-corrected chi connectivity index (χ2v) is 10.7. The molecular formula is C30H40Cl2N2O2S. The highest BCUT2D eigenvalue weighted by Gasteiger charge is 2.13. The van der Waals surface area contributed by atoms with Gasteiger partial charge in [-0.3, -0.25) is 4.79 Å². The monoisotopic (exact) mass is 562 g/mol. The molecule has 0 bridgehead atoms. The number of thiazole rings is 1. The fraction of sp³-hybridized carbons (Fsp3) is 0.467. The summed E-state index contributed by atoms with van der Waals surface area (Å²) in [6.45, 7) is 2.91. The van der Waals surface area contributed by atoms with Crippen LogP contribution in [0.3, 0.4) is 0 Å². The number of aryl methyl sites for hydroxylation is 1. The van der Waals surface area contributed by atoms with Crippen LogP contribution in [0.1, 0.15) is 76.7 Å². The van der Waals surface area contributed by atoms with E-state index in [1.165, 1.54) is 57.8 Å². The van der Waals surface area contributed by atoms with E-state index in [1.54, 1.807) is 11.3 Å². The predicted octanol–water partition coefficient (Wildman–Crippen LogP) is 5.38. The van der Waals surface area contributed by atoms with Crippen LogP contribution in [0.5, 0.6) is 5.75 Å². The fourth-order valence-electron chi connectivity index (χ4n) is 4.27. The van der Waals surface area contributed by atoms with Gasteiger partial charge in [0.1, 0.15) is 12.8 Å². The number of nitrogens with zero attached hydrogens (tertiary/aromatic N) is 1. The minimum Gasteiger partial charge on any atom is -1.00 e. The van der Waals surface area contributed by atoms with Crippen molar-refractivity contribution in [2.45, 2.75) is 77.6 Å². The van der Waals surface area contributed by atoms with E-state index in [2.05, 4.69) is 28.3 Å². The van der Waals surface area contributed by atoms with Crippen LogP contribution in [0.2, 0.25) is 5.02 Å². The molecule has 2 aromatic carbocycles. The third-order valence-electron chi connectivity index (χ3n) is 6.29. The van der Waals surface area contributed by atoms with Crippen molar-refractivity contribution in [3.05, 3.63) is 64.6 Å². The quantitative estimate of drug-likeness (QED) is 0.188. The number of nitrogens with one attached hydrogen (secondary N) is 1. The Kier molecular flexibility index (Phi) is 14.7. The zero-order chi connectivity index (χ0) is 25.6. The van der Waals surface area contributed by atoms with Crippen LogP contribution >= 0.6 is 22.9 Å². The van der Waals surface area contributed by atoms with Gasteiger partial charge >= 0.3 is 0 Å². The second-order valence-electron chi connectivity index (χ2n) is 9.42. The lowest BCUT2D eigenvalue weighted by Crippen LogP contribution is -3.00. The smallest absolute Gasteiger partial charge is 0.268 e.